The molecule has 0 saturated carbocycles. The van der Waals surface area contributed by atoms with Gasteiger partial charge in [0.25, 0.3) is 11.8 Å². The molecule has 0 aliphatic carbocycles. The maximum absolute atomic E-state index is 13.2. The number of aromatic nitrogens is 1. The number of carbonyl (C=O) groups excluding carboxylic acids is 2. The third-order valence-electron chi connectivity index (χ3n) is 5.17. The van der Waals surface area contributed by atoms with Crippen LogP contribution in [-0.4, -0.2) is 22.9 Å². The lowest BCUT2D eigenvalue weighted by Crippen LogP contribution is -2.35. The lowest BCUT2D eigenvalue weighted by molar-refractivity contribution is -0.138. The fourth-order valence-corrected chi connectivity index (χ4v) is 3.46. The van der Waals surface area contributed by atoms with Crippen LogP contribution in [0.1, 0.15) is 44.3 Å². The highest BCUT2D eigenvalue weighted by molar-refractivity contribution is 5.99. The summed E-state index contributed by atoms with van der Waals surface area (Å²) in [7, 11) is 0. The molecule has 0 saturated heterocycles. The summed E-state index contributed by atoms with van der Waals surface area (Å²) in [5.41, 5.74) is -1.29. The van der Waals surface area contributed by atoms with Gasteiger partial charge in [-0.2, -0.15) is 13.2 Å². The van der Waals surface area contributed by atoms with Crippen LogP contribution in [0.3, 0.4) is 0 Å². The summed E-state index contributed by atoms with van der Waals surface area (Å²) in [6.45, 7) is 1.94. The van der Waals surface area contributed by atoms with Crippen LogP contribution in [0.2, 0.25) is 0 Å². The van der Waals surface area contributed by atoms with Crippen molar-refractivity contribution in [2.24, 2.45) is 0 Å². The van der Waals surface area contributed by atoms with Crippen LogP contribution >= 0.6 is 0 Å². The summed E-state index contributed by atoms with van der Waals surface area (Å²) in [4.78, 5) is 38.1. The minimum atomic E-state index is -4.58. The zero-order valence-corrected chi connectivity index (χ0v) is 18.5. The van der Waals surface area contributed by atoms with E-state index in [1.807, 2.05) is 30.3 Å². The Bertz CT molecular complexity index is 1220. The first-order valence-electron chi connectivity index (χ1n) is 10.7. The Morgan fingerprint density at radius 1 is 0.882 bits per heavy atom. The van der Waals surface area contributed by atoms with Gasteiger partial charge < -0.3 is 15.2 Å². The Morgan fingerprint density at radius 2 is 1.47 bits per heavy atom. The van der Waals surface area contributed by atoms with Crippen LogP contribution < -0.4 is 16.1 Å². The van der Waals surface area contributed by atoms with Crippen molar-refractivity contribution in [3.63, 3.8) is 0 Å². The Hall–Kier alpha value is -3.88. The molecule has 0 radical (unpaired) electrons. The number of rotatable bonds is 8. The SMILES string of the molecule is CCNC(=O)c1cn(CCc2ccccc2)cc(C(=O)NCc2ccccc2C(F)(F)F)c1=O. The molecule has 0 fully saturated rings. The summed E-state index contributed by atoms with van der Waals surface area (Å²) < 4.78 is 41.3. The Balaban J connectivity index is 1.88. The van der Waals surface area contributed by atoms with E-state index in [2.05, 4.69) is 10.6 Å². The zero-order valence-electron chi connectivity index (χ0n) is 18.5. The zero-order chi connectivity index (χ0) is 24.7. The van der Waals surface area contributed by atoms with Crippen molar-refractivity contribution in [2.45, 2.75) is 32.6 Å². The van der Waals surface area contributed by atoms with Gasteiger partial charge >= 0.3 is 6.18 Å². The van der Waals surface area contributed by atoms with E-state index in [4.69, 9.17) is 0 Å². The van der Waals surface area contributed by atoms with Crippen LogP contribution in [0.15, 0.2) is 71.8 Å². The van der Waals surface area contributed by atoms with Crippen LogP contribution in [0.4, 0.5) is 13.2 Å². The molecule has 3 rings (SSSR count). The molecule has 0 unspecified atom stereocenters. The molecular formula is C25H24F3N3O3. The van der Waals surface area contributed by atoms with Gasteiger partial charge in [-0.1, -0.05) is 48.5 Å². The predicted octanol–water partition coefficient (Wildman–Crippen LogP) is 3.79. The smallest absolute Gasteiger partial charge is 0.352 e. The largest absolute Gasteiger partial charge is 0.416 e. The van der Waals surface area contributed by atoms with E-state index in [-0.39, 0.29) is 23.2 Å². The molecule has 34 heavy (non-hydrogen) atoms. The first-order chi connectivity index (χ1) is 16.2. The molecular weight excluding hydrogens is 447 g/mol. The highest BCUT2D eigenvalue weighted by Crippen LogP contribution is 2.31. The van der Waals surface area contributed by atoms with Crippen molar-refractivity contribution in [2.75, 3.05) is 6.54 Å². The lowest BCUT2D eigenvalue weighted by Gasteiger charge is -2.14. The number of hydrogen-bond donors (Lipinski definition) is 2. The van der Waals surface area contributed by atoms with Gasteiger partial charge in [-0.15, -0.1) is 0 Å². The molecule has 0 aliphatic heterocycles. The second-order valence-electron chi connectivity index (χ2n) is 7.59. The van der Waals surface area contributed by atoms with E-state index in [0.29, 0.717) is 13.0 Å². The lowest BCUT2D eigenvalue weighted by atomic mass is 10.1. The third-order valence-corrected chi connectivity index (χ3v) is 5.17. The molecule has 178 valence electrons. The number of pyridine rings is 1. The maximum atomic E-state index is 13.2. The van der Waals surface area contributed by atoms with Crippen molar-refractivity contribution in [1.82, 2.24) is 15.2 Å². The molecule has 1 heterocycles. The van der Waals surface area contributed by atoms with Gasteiger partial charge in [-0.05, 0) is 30.5 Å². The summed E-state index contributed by atoms with van der Waals surface area (Å²) in [5.74, 6) is -1.49. The molecule has 2 N–H and O–H groups in total. The van der Waals surface area contributed by atoms with E-state index in [1.165, 1.54) is 30.6 Å². The standard InChI is InChI=1S/C25H24F3N3O3/c1-2-29-23(33)19-15-31(13-12-17-8-4-3-5-9-17)16-20(22(19)32)24(34)30-14-18-10-6-7-11-21(18)25(26,27)28/h3-11,15-16H,2,12-14H2,1H3,(H,29,33)(H,30,34). The highest BCUT2D eigenvalue weighted by Gasteiger charge is 2.33. The number of nitrogens with zero attached hydrogens (tertiary/aromatic N) is 1. The van der Waals surface area contributed by atoms with E-state index in [9.17, 15) is 27.6 Å². The van der Waals surface area contributed by atoms with Gasteiger partial charge in [-0.25, -0.2) is 0 Å². The Kier molecular flexibility index (Phi) is 7.88. The molecule has 0 bridgehead atoms. The summed E-state index contributed by atoms with van der Waals surface area (Å²) in [6.07, 6.45) is -1.30. The van der Waals surface area contributed by atoms with E-state index in [0.717, 1.165) is 11.6 Å². The summed E-state index contributed by atoms with van der Waals surface area (Å²) >= 11 is 0. The third kappa shape index (κ3) is 6.12. The molecule has 2 amide bonds. The fourth-order valence-electron chi connectivity index (χ4n) is 3.46. The minimum Gasteiger partial charge on any atom is -0.352 e. The number of aryl methyl sites for hydroxylation is 2. The van der Waals surface area contributed by atoms with E-state index in [1.54, 1.807) is 11.5 Å². The minimum absolute atomic E-state index is 0.132. The molecule has 0 aliphatic rings. The predicted molar refractivity (Wildman–Crippen MR) is 121 cm³/mol. The molecule has 2 aromatic carbocycles. The highest BCUT2D eigenvalue weighted by atomic mass is 19.4. The number of carbonyl (C=O) groups is 2. The second kappa shape index (κ2) is 10.8. The van der Waals surface area contributed by atoms with Crippen LogP contribution in [-0.2, 0) is 25.7 Å². The van der Waals surface area contributed by atoms with E-state index < -0.39 is 35.5 Å². The van der Waals surface area contributed by atoms with Crippen molar-refractivity contribution in [1.29, 1.82) is 0 Å². The Morgan fingerprint density at radius 3 is 2.09 bits per heavy atom. The van der Waals surface area contributed by atoms with Gasteiger partial charge in [0.05, 0.1) is 5.56 Å². The number of benzene rings is 2. The monoisotopic (exact) mass is 471 g/mol. The Labute approximate surface area is 194 Å². The van der Waals surface area contributed by atoms with Gasteiger partial charge in [-0.3, -0.25) is 14.4 Å². The number of hydrogen-bond acceptors (Lipinski definition) is 3. The first kappa shape index (κ1) is 24.8. The maximum Gasteiger partial charge on any atom is 0.416 e. The van der Waals surface area contributed by atoms with Gasteiger partial charge in [0.15, 0.2) is 0 Å². The van der Waals surface area contributed by atoms with Crippen LogP contribution in [0.5, 0.6) is 0 Å². The van der Waals surface area contributed by atoms with Gasteiger partial charge in [0.2, 0.25) is 5.43 Å². The normalized spacial score (nSPS) is 11.2. The summed E-state index contributed by atoms with van der Waals surface area (Å²) in [6, 6.07) is 14.4. The topological polar surface area (TPSA) is 80.2 Å². The van der Waals surface area contributed by atoms with Crippen LogP contribution in [0, 0.1) is 0 Å². The van der Waals surface area contributed by atoms with Crippen LogP contribution in [0.25, 0.3) is 0 Å². The number of alkyl halides is 3. The van der Waals surface area contributed by atoms with Crippen molar-refractivity contribution in [3.05, 3.63) is 105 Å². The van der Waals surface area contributed by atoms with Gasteiger partial charge in [0.1, 0.15) is 11.1 Å². The van der Waals surface area contributed by atoms with Gasteiger partial charge in [0, 0.05) is 32.0 Å². The van der Waals surface area contributed by atoms with E-state index >= 15 is 0 Å². The second-order valence-corrected chi connectivity index (χ2v) is 7.59. The first-order valence-corrected chi connectivity index (χ1v) is 10.7. The number of amides is 2. The molecule has 0 spiro atoms. The molecule has 6 nitrogen and oxygen atoms in total. The number of halogens is 3. The molecule has 1 aromatic heterocycles. The van der Waals surface area contributed by atoms with Crippen molar-refractivity contribution in [3.8, 4) is 0 Å². The number of nitrogens with one attached hydrogen (secondary N) is 2. The molecule has 9 heteroatoms. The average molecular weight is 471 g/mol. The summed E-state index contributed by atoms with van der Waals surface area (Å²) in [5, 5.41) is 4.93. The average Bonchev–Trinajstić information content (AvgIpc) is 2.82. The molecule has 3 aromatic rings. The quantitative estimate of drug-likeness (QED) is 0.525. The van der Waals surface area contributed by atoms with Crippen molar-refractivity contribution < 1.29 is 22.8 Å². The van der Waals surface area contributed by atoms with Crippen molar-refractivity contribution >= 4 is 11.8 Å². The molecule has 0 atom stereocenters. The fraction of sp³-hybridized carbons (Fsp3) is 0.240.